The van der Waals surface area contributed by atoms with Gasteiger partial charge in [-0.3, -0.25) is 20.4 Å². The summed E-state index contributed by atoms with van der Waals surface area (Å²) in [6.45, 7) is 0.547. The summed E-state index contributed by atoms with van der Waals surface area (Å²) < 4.78 is 2.95. The molecule has 7 nitrogen and oxygen atoms in total. The Hall–Kier alpha value is -2.45. The molecular formula is C15H14N4O3S. The first-order valence-corrected chi connectivity index (χ1v) is 8.07. The van der Waals surface area contributed by atoms with Crippen molar-refractivity contribution in [2.75, 3.05) is 0 Å². The molecule has 0 saturated carbocycles. The highest BCUT2D eigenvalue weighted by atomic mass is 32.2. The van der Waals surface area contributed by atoms with Gasteiger partial charge in [-0.25, -0.2) is 0 Å². The summed E-state index contributed by atoms with van der Waals surface area (Å²) in [5.41, 5.74) is 6.37. The lowest BCUT2D eigenvalue weighted by Gasteiger charge is -2.22. The van der Waals surface area contributed by atoms with Crippen molar-refractivity contribution in [3.63, 3.8) is 0 Å². The van der Waals surface area contributed by atoms with Crippen LogP contribution in [-0.2, 0) is 13.0 Å². The molecule has 0 radical (unpaired) electrons. The first-order chi connectivity index (χ1) is 11.2. The molecule has 1 aromatic heterocycles. The van der Waals surface area contributed by atoms with Gasteiger partial charge in [-0.05, 0) is 36.4 Å². The van der Waals surface area contributed by atoms with Gasteiger partial charge in [0.15, 0.2) is 0 Å². The predicted molar refractivity (Wildman–Crippen MR) is 87.4 cm³/mol. The maximum absolute atomic E-state index is 12.7. The third-order valence-electron chi connectivity index (χ3n) is 4.02. The molecule has 1 aromatic carbocycles. The van der Waals surface area contributed by atoms with Gasteiger partial charge in [0.25, 0.3) is 11.5 Å². The van der Waals surface area contributed by atoms with Gasteiger partial charge in [0.05, 0.1) is 5.52 Å². The van der Waals surface area contributed by atoms with E-state index in [-0.39, 0.29) is 11.3 Å². The van der Waals surface area contributed by atoms with E-state index < -0.39 is 11.5 Å². The summed E-state index contributed by atoms with van der Waals surface area (Å²) in [4.78, 5) is 25.2. The van der Waals surface area contributed by atoms with E-state index in [1.807, 2.05) is 12.1 Å². The molecule has 0 saturated heterocycles. The van der Waals surface area contributed by atoms with Crippen LogP contribution in [0.3, 0.4) is 0 Å². The largest absolute Gasteiger partial charge is 0.506 e. The van der Waals surface area contributed by atoms with Gasteiger partial charge >= 0.3 is 0 Å². The zero-order valence-electron chi connectivity index (χ0n) is 12.1. The maximum atomic E-state index is 12.7. The van der Waals surface area contributed by atoms with Crippen LogP contribution < -0.4 is 16.4 Å². The zero-order chi connectivity index (χ0) is 16.0. The quantitative estimate of drug-likeness (QED) is 0.718. The number of nitrogens with one attached hydrogen (secondary N) is 2. The Balaban J connectivity index is 1.87. The number of carbonyl (C=O) groups excluding carboxylic acids is 1. The standard InChI is InChI=1S/C15H14N4O3S/c20-13-10-5-1-3-9-4-2-7-18(12(9)10)15(22)11(13)14(21)17-19-16-6-8-23-19/h1,3,5-6,8,16,20H,2,4,7H2,(H,17,21). The Morgan fingerprint density at radius 1 is 1.39 bits per heavy atom. The lowest BCUT2D eigenvalue weighted by atomic mass is 9.99. The SMILES string of the molecule is O=C(NN1NC=CS1)c1c(O)c2cccc3c2n(c1=O)CCC3. The van der Waals surface area contributed by atoms with Crippen molar-refractivity contribution in [1.82, 2.24) is 19.9 Å². The molecule has 0 aliphatic carbocycles. The predicted octanol–water partition coefficient (Wildman–Crippen LogP) is 1.24. The third kappa shape index (κ3) is 2.18. The average Bonchev–Trinajstić information content (AvgIpc) is 3.05. The van der Waals surface area contributed by atoms with Crippen molar-refractivity contribution in [1.29, 1.82) is 0 Å². The number of pyridine rings is 1. The van der Waals surface area contributed by atoms with Crippen LogP contribution in [0.2, 0.25) is 0 Å². The van der Waals surface area contributed by atoms with Crippen molar-refractivity contribution in [3.05, 3.63) is 51.3 Å². The number of carbonyl (C=O) groups is 1. The summed E-state index contributed by atoms with van der Waals surface area (Å²) >= 11 is 1.22. The number of hydrogen-bond acceptors (Lipinski definition) is 6. The summed E-state index contributed by atoms with van der Waals surface area (Å²) in [5, 5.41) is 12.8. The molecule has 0 fully saturated rings. The maximum Gasteiger partial charge on any atom is 0.277 e. The molecule has 3 heterocycles. The van der Waals surface area contributed by atoms with Gasteiger partial charge in [-0.15, -0.1) is 0 Å². The zero-order valence-corrected chi connectivity index (χ0v) is 12.9. The highest BCUT2D eigenvalue weighted by molar-refractivity contribution is 8.00. The van der Waals surface area contributed by atoms with E-state index in [1.165, 1.54) is 16.5 Å². The molecule has 0 spiro atoms. The highest BCUT2D eigenvalue weighted by Gasteiger charge is 2.26. The number of aryl methyl sites for hydroxylation is 2. The van der Waals surface area contributed by atoms with Gasteiger partial charge in [0, 0.05) is 23.5 Å². The molecule has 2 aliphatic rings. The molecular weight excluding hydrogens is 316 g/mol. The smallest absolute Gasteiger partial charge is 0.277 e. The van der Waals surface area contributed by atoms with E-state index in [1.54, 1.807) is 22.2 Å². The molecule has 3 N–H and O–H groups in total. The lowest BCUT2D eigenvalue weighted by molar-refractivity contribution is 0.0866. The number of rotatable bonds is 2. The molecule has 1 amide bonds. The molecule has 4 rings (SSSR count). The van der Waals surface area contributed by atoms with E-state index >= 15 is 0 Å². The molecule has 2 aromatic rings. The summed E-state index contributed by atoms with van der Waals surface area (Å²) in [5.74, 6) is -0.905. The number of nitrogens with zero attached hydrogens (tertiary/aromatic N) is 2. The van der Waals surface area contributed by atoms with Crippen LogP contribution in [0.15, 0.2) is 34.6 Å². The highest BCUT2D eigenvalue weighted by Crippen LogP contribution is 2.31. The van der Waals surface area contributed by atoms with Crippen molar-refractivity contribution >= 4 is 28.8 Å². The van der Waals surface area contributed by atoms with E-state index in [0.29, 0.717) is 11.9 Å². The number of aromatic hydroxyl groups is 1. The van der Waals surface area contributed by atoms with Gasteiger partial charge in [0.2, 0.25) is 0 Å². The first-order valence-electron chi connectivity index (χ1n) is 7.23. The van der Waals surface area contributed by atoms with Crippen LogP contribution in [0.1, 0.15) is 22.3 Å². The van der Waals surface area contributed by atoms with Crippen LogP contribution in [0, 0.1) is 0 Å². The Morgan fingerprint density at radius 3 is 3.04 bits per heavy atom. The van der Waals surface area contributed by atoms with Crippen molar-refractivity contribution in [3.8, 4) is 5.75 Å². The second kappa shape index (κ2) is 5.32. The fraction of sp³-hybridized carbons (Fsp3) is 0.200. The van der Waals surface area contributed by atoms with E-state index in [2.05, 4.69) is 10.9 Å². The molecule has 8 heteroatoms. The third-order valence-corrected chi connectivity index (χ3v) is 4.69. The van der Waals surface area contributed by atoms with Crippen LogP contribution in [-0.4, -0.2) is 20.1 Å². The van der Waals surface area contributed by atoms with Crippen LogP contribution in [0.5, 0.6) is 5.75 Å². The van der Waals surface area contributed by atoms with Crippen molar-refractivity contribution < 1.29 is 9.90 Å². The Kier molecular flexibility index (Phi) is 3.28. The molecule has 118 valence electrons. The lowest BCUT2D eigenvalue weighted by Crippen LogP contribution is -2.44. The Labute approximate surface area is 135 Å². The van der Waals surface area contributed by atoms with Gasteiger partial charge < -0.3 is 9.67 Å². The fourth-order valence-electron chi connectivity index (χ4n) is 3.05. The number of amides is 1. The first kappa shape index (κ1) is 14.2. The summed E-state index contributed by atoms with van der Waals surface area (Å²) in [6, 6.07) is 5.52. The average molecular weight is 330 g/mol. The Bertz CT molecular complexity index is 898. The van der Waals surface area contributed by atoms with Gasteiger partial charge in [-0.2, -0.15) is 0 Å². The van der Waals surface area contributed by atoms with E-state index in [4.69, 9.17) is 0 Å². The molecule has 23 heavy (non-hydrogen) atoms. The molecule has 0 unspecified atom stereocenters. The normalized spacial score (nSPS) is 16.5. The number of aromatic nitrogens is 1. The molecule has 2 aliphatic heterocycles. The fourth-order valence-corrected chi connectivity index (χ4v) is 3.55. The minimum atomic E-state index is -0.641. The minimum Gasteiger partial charge on any atom is -0.506 e. The van der Waals surface area contributed by atoms with E-state index in [9.17, 15) is 14.7 Å². The van der Waals surface area contributed by atoms with Crippen LogP contribution in [0.4, 0.5) is 0 Å². The van der Waals surface area contributed by atoms with E-state index in [0.717, 1.165) is 23.9 Å². The Morgan fingerprint density at radius 2 is 2.26 bits per heavy atom. The number of para-hydroxylation sites is 1. The van der Waals surface area contributed by atoms with Gasteiger partial charge in [-0.1, -0.05) is 16.7 Å². The molecule has 0 atom stereocenters. The van der Waals surface area contributed by atoms with Crippen molar-refractivity contribution in [2.24, 2.45) is 0 Å². The monoisotopic (exact) mass is 330 g/mol. The topological polar surface area (TPSA) is 86.6 Å². The van der Waals surface area contributed by atoms with Crippen LogP contribution >= 0.6 is 11.9 Å². The van der Waals surface area contributed by atoms with Crippen LogP contribution in [0.25, 0.3) is 10.9 Å². The number of hydrazine groups is 2. The number of benzene rings is 1. The van der Waals surface area contributed by atoms with Gasteiger partial charge in [0.1, 0.15) is 11.3 Å². The second-order valence-electron chi connectivity index (χ2n) is 5.37. The summed E-state index contributed by atoms with van der Waals surface area (Å²) in [6.07, 6.45) is 3.35. The summed E-state index contributed by atoms with van der Waals surface area (Å²) in [7, 11) is 0. The molecule has 0 bridgehead atoms. The minimum absolute atomic E-state index is 0.231. The van der Waals surface area contributed by atoms with Crippen molar-refractivity contribution in [2.45, 2.75) is 19.4 Å². The number of hydrogen-bond donors (Lipinski definition) is 3. The second-order valence-corrected chi connectivity index (χ2v) is 6.22.